The van der Waals surface area contributed by atoms with E-state index in [1.807, 2.05) is 42.5 Å². The van der Waals surface area contributed by atoms with Crippen LogP contribution < -0.4 is 10.2 Å². The summed E-state index contributed by atoms with van der Waals surface area (Å²) in [6.45, 7) is 4.13. The SMILES string of the molecule is C=CCc1cccc(/C=N\NC(=O)c2ccc(OCc3ccccc3)cc2)c1O. The Morgan fingerprint density at radius 2 is 1.79 bits per heavy atom. The van der Waals surface area contributed by atoms with Crippen LogP contribution in [0.5, 0.6) is 11.5 Å². The van der Waals surface area contributed by atoms with Gasteiger partial charge in [0.1, 0.15) is 18.1 Å². The maximum atomic E-state index is 12.2. The number of nitrogens with one attached hydrogen (secondary N) is 1. The van der Waals surface area contributed by atoms with E-state index in [4.69, 9.17) is 4.74 Å². The molecule has 0 spiro atoms. The molecule has 29 heavy (non-hydrogen) atoms. The standard InChI is InChI=1S/C24H22N2O3/c1-2-7-19-10-6-11-21(23(19)27)16-25-26-24(28)20-12-14-22(15-13-20)29-17-18-8-4-3-5-9-18/h2-6,8-16,27H,1,7,17H2,(H,26,28)/b25-16-. The van der Waals surface area contributed by atoms with Gasteiger partial charge in [-0.1, -0.05) is 48.5 Å². The molecule has 5 nitrogen and oxygen atoms in total. The van der Waals surface area contributed by atoms with Gasteiger partial charge < -0.3 is 9.84 Å². The van der Waals surface area contributed by atoms with Crippen LogP contribution in [0.15, 0.2) is 90.6 Å². The molecule has 3 rings (SSSR count). The minimum Gasteiger partial charge on any atom is -0.507 e. The highest BCUT2D eigenvalue weighted by atomic mass is 16.5. The van der Waals surface area contributed by atoms with Crippen molar-refractivity contribution in [3.8, 4) is 11.5 Å². The molecule has 0 aliphatic heterocycles. The number of carbonyl (C=O) groups is 1. The summed E-state index contributed by atoms with van der Waals surface area (Å²) in [5, 5.41) is 14.1. The van der Waals surface area contributed by atoms with E-state index in [1.165, 1.54) is 6.21 Å². The number of aromatic hydroxyl groups is 1. The second kappa shape index (κ2) is 9.90. The van der Waals surface area contributed by atoms with E-state index in [9.17, 15) is 9.90 Å². The quantitative estimate of drug-likeness (QED) is 0.341. The van der Waals surface area contributed by atoms with Gasteiger partial charge in [-0.25, -0.2) is 5.43 Å². The van der Waals surface area contributed by atoms with Crippen molar-refractivity contribution in [2.75, 3.05) is 0 Å². The first-order chi connectivity index (χ1) is 14.2. The fourth-order valence-corrected chi connectivity index (χ4v) is 2.70. The smallest absolute Gasteiger partial charge is 0.271 e. The van der Waals surface area contributed by atoms with Gasteiger partial charge >= 0.3 is 0 Å². The summed E-state index contributed by atoms with van der Waals surface area (Å²) >= 11 is 0. The van der Waals surface area contributed by atoms with Crippen molar-refractivity contribution in [3.05, 3.63) is 108 Å². The summed E-state index contributed by atoms with van der Waals surface area (Å²) in [6, 6.07) is 22.0. The molecule has 0 atom stereocenters. The molecule has 0 saturated heterocycles. The second-order valence-corrected chi connectivity index (χ2v) is 6.35. The van der Waals surface area contributed by atoms with E-state index in [0.717, 1.165) is 11.1 Å². The third-order valence-electron chi connectivity index (χ3n) is 4.25. The van der Waals surface area contributed by atoms with E-state index in [-0.39, 0.29) is 11.7 Å². The monoisotopic (exact) mass is 386 g/mol. The number of allylic oxidation sites excluding steroid dienone is 1. The number of rotatable bonds is 8. The van der Waals surface area contributed by atoms with Gasteiger partial charge in [0.2, 0.25) is 0 Å². The molecule has 0 bridgehead atoms. The number of phenolic OH excluding ortho intramolecular Hbond substituents is 1. The lowest BCUT2D eigenvalue weighted by Gasteiger charge is -2.07. The van der Waals surface area contributed by atoms with E-state index < -0.39 is 0 Å². The Morgan fingerprint density at radius 1 is 1.03 bits per heavy atom. The Morgan fingerprint density at radius 3 is 2.52 bits per heavy atom. The van der Waals surface area contributed by atoms with Gasteiger partial charge in [-0.05, 0) is 47.9 Å². The highest BCUT2D eigenvalue weighted by molar-refractivity contribution is 5.95. The van der Waals surface area contributed by atoms with Gasteiger partial charge in [-0.15, -0.1) is 6.58 Å². The summed E-state index contributed by atoms with van der Waals surface area (Å²) in [5.41, 5.74) is 5.27. The van der Waals surface area contributed by atoms with E-state index in [2.05, 4.69) is 17.1 Å². The molecule has 3 aromatic carbocycles. The molecule has 146 valence electrons. The van der Waals surface area contributed by atoms with Gasteiger partial charge in [-0.3, -0.25) is 4.79 Å². The Kier molecular flexibility index (Phi) is 6.79. The summed E-state index contributed by atoms with van der Waals surface area (Å²) in [7, 11) is 0. The van der Waals surface area contributed by atoms with Crippen LogP contribution in [0.25, 0.3) is 0 Å². The van der Waals surface area contributed by atoms with Crippen molar-refractivity contribution in [2.45, 2.75) is 13.0 Å². The van der Waals surface area contributed by atoms with Gasteiger partial charge in [0.05, 0.1) is 6.21 Å². The molecule has 0 saturated carbocycles. The first kappa shape index (κ1) is 19.9. The number of nitrogens with zero attached hydrogens (tertiary/aromatic N) is 1. The molecule has 2 N–H and O–H groups in total. The van der Waals surface area contributed by atoms with Crippen molar-refractivity contribution in [2.24, 2.45) is 5.10 Å². The number of carbonyl (C=O) groups excluding carboxylic acids is 1. The van der Waals surface area contributed by atoms with Crippen LogP contribution in [0.1, 0.15) is 27.0 Å². The normalized spacial score (nSPS) is 10.6. The second-order valence-electron chi connectivity index (χ2n) is 6.35. The molecule has 5 heteroatoms. The van der Waals surface area contributed by atoms with Crippen LogP contribution in [-0.4, -0.2) is 17.2 Å². The highest BCUT2D eigenvalue weighted by Gasteiger charge is 2.06. The van der Waals surface area contributed by atoms with Gasteiger partial charge in [-0.2, -0.15) is 5.10 Å². The number of amides is 1. The van der Waals surface area contributed by atoms with E-state index in [0.29, 0.717) is 29.9 Å². The average Bonchev–Trinajstić information content (AvgIpc) is 2.76. The van der Waals surface area contributed by atoms with Crippen molar-refractivity contribution in [1.82, 2.24) is 5.43 Å². The number of hydrogen-bond acceptors (Lipinski definition) is 4. The molecule has 3 aromatic rings. The zero-order chi connectivity index (χ0) is 20.5. The van der Waals surface area contributed by atoms with Crippen LogP contribution in [0.3, 0.4) is 0 Å². The Bertz CT molecular complexity index is 996. The third kappa shape index (κ3) is 5.56. The molecule has 0 fully saturated rings. The topological polar surface area (TPSA) is 70.9 Å². The minimum absolute atomic E-state index is 0.130. The van der Waals surface area contributed by atoms with Crippen LogP contribution in [0.4, 0.5) is 0 Å². The average molecular weight is 386 g/mol. The molecule has 0 heterocycles. The Labute approximate surface area is 170 Å². The van der Waals surface area contributed by atoms with Crippen molar-refractivity contribution in [3.63, 3.8) is 0 Å². The molecule has 0 aliphatic rings. The van der Waals surface area contributed by atoms with Crippen molar-refractivity contribution in [1.29, 1.82) is 0 Å². The summed E-state index contributed by atoms with van der Waals surface area (Å²) in [6.07, 6.45) is 3.68. The minimum atomic E-state index is -0.349. The van der Waals surface area contributed by atoms with E-state index in [1.54, 1.807) is 36.4 Å². The van der Waals surface area contributed by atoms with Crippen molar-refractivity contribution >= 4 is 12.1 Å². The zero-order valence-corrected chi connectivity index (χ0v) is 15.9. The number of phenols is 1. The molecule has 0 aromatic heterocycles. The summed E-state index contributed by atoms with van der Waals surface area (Å²) in [4.78, 5) is 12.2. The zero-order valence-electron chi connectivity index (χ0n) is 15.9. The molecule has 1 amide bonds. The maximum Gasteiger partial charge on any atom is 0.271 e. The predicted molar refractivity (Wildman–Crippen MR) is 114 cm³/mol. The lowest BCUT2D eigenvalue weighted by molar-refractivity contribution is 0.0955. The Balaban J connectivity index is 1.56. The van der Waals surface area contributed by atoms with Crippen LogP contribution >= 0.6 is 0 Å². The fraction of sp³-hybridized carbons (Fsp3) is 0.0833. The number of para-hydroxylation sites is 1. The van der Waals surface area contributed by atoms with E-state index >= 15 is 0 Å². The molecule has 0 unspecified atom stereocenters. The predicted octanol–water partition coefficient (Wildman–Crippen LogP) is 4.46. The molecular formula is C24H22N2O3. The molecular weight excluding hydrogens is 364 g/mol. The lowest BCUT2D eigenvalue weighted by Crippen LogP contribution is -2.17. The van der Waals surface area contributed by atoms with Crippen LogP contribution in [0.2, 0.25) is 0 Å². The number of hydrogen-bond donors (Lipinski definition) is 2. The van der Waals surface area contributed by atoms with Crippen LogP contribution in [-0.2, 0) is 13.0 Å². The lowest BCUT2D eigenvalue weighted by atomic mass is 10.1. The number of benzene rings is 3. The van der Waals surface area contributed by atoms with Gasteiger partial charge in [0.15, 0.2) is 0 Å². The van der Waals surface area contributed by atoms with Crippen LogP contribution in [0, 0.1) is 0 Å². The number of ether oxygens (including phenoxy) is 1. The van der Waals surface area contributed by atoms with Crippen molar-refractivity contribution < 1.29 is 14.6 Å². The summed E-state index contributed by atoms with van der Waals surface area (Å²) in [5.74, 6) is 0.459. The number of hydrazone groups is 1. The Hall–Kier alpha value is -3.86. The van der Waals surface area contributed by atoms with Gasteiger partial charge in [0.25, 0.3) is 5.91 Å². The largest absolute Gasteiger partial charge is 0.507 e. The molecule has 0 aliphatic carbocycles. The third-order valence-corrected chi connectivity index (χ3v) is 4.25. The maximum absolute atomic E-state index is 12.2. The molecule has 0 radical (unpaired) electrons. The fourth-order valence-electron chi connectivity index (χ4n) is 2.70. The summed E-state index contributed by atoms with van der Waals surface area (Å²) < 4.78 is 5.71. The highest BCUT2D eigenvalue weighted by Crippen LogP contribution is 2.21. The first-order valence-electron chi connectivity index (χ1n) is 9.19. The van der Waals surface area contributed by atoms with Gasteiger partial charge in [0, 0.05) is 11.1 Å². The first-order valence-corrected chi connectivity index (χ1v) is 9.19.